The number of halogens is 2. The molecule has 0 aliphatic heterocycles. The molecule has 16 heavy (non-hydrogen) atoms. The van der Waals surface area contributed by atoms with Crippen molar-refractivity contribution in [3.63, 3.8) is 0 Å². The molecule has 1 saturated carbocycles. The van der Waals surface area contributed by atoms with Gasteiger partial charge in [0.25, 0.3) is 0 Å². The van der Waals surface area contributed by atoms with E-state index in [0.29, 0.717) is 23.6 Å². The zero-order chi connectivity index (χ0) is 11.7. The maximum atomic E-state index is 13.8. The lowest BCUT2D eigenvalue weighted by Gasteiger charge is -2.19. The van der Waals surface area contributed by atoms with Gasteiger partial charge in [0.2, 0.25) is 0 Å². The maximum absolute atomic E-state index is 13.8. The van der Waals surface area contributed by atoms with Crippen LogP contribution in [-0.4, -0.2) is 6.54 Å². The van der Waals surface area contributed by atoms with Gasteiger partial charge in [0.05, 0.1) is 0 Å². The molecule has 0 radical (unpaired) electrons. The molecule has 0 aromatic heterocycles. The van der Waals surface area contributed by atoms with Crippen LogP contribution in [0.2, 0.25) is 0 Å². The Bertz CT molecular complexity index is 390. The van der Waals surface area contributed by atoms with E-state index in [2.05, 4.69) is 0 Å². The fraction of sp³-hybridized carbons (Fsp3) is 0.538. The SMILES string of the molecule is Cc1ccc(C2CCCC2CN)c(F)c1F. The third-order valence-electron chi connectivity index (χ3n) is 3.67. The molecule has 0 heterocycles. The minimum Gasteiger partial charge on any atom is -0.330 e. The van der Waals surface area contributed by atoms with Crippen molar-refractivity contribution in [2.75, 3.05) is 6.54 Å². The number of hydrogen-bond donors (Lipinski definition) is 1. The summed E-state index contributed by atoms with van der Waals surface area (Å²) in [4.78, 5) is 0. The summed E-state index contributed by atoms with van der Waals surface area (Å²) in [7, 11) is 0. The highest BCUT2D eigenvalue weighted by molar-refractivity contribution is 5.29. The summed E-state index contributed by atoms with van der Waals surface area (Å²) in [6.45, 7) is 2.14. The predicted molar refractivity (Wildman–Crippen MR) is 60.2 cm³/mol. The quantitative estimate of drug-likeness (QED) is 0.822. The highest BCUT2D eigenvalue weighted by Gasteiger charge is 2.30. The van der Waals surface area contributed by atoms with Crippen LogP contribution in [0.15, 0.2) is 12.1 Å². The number of rotatable bonds is 2. The molecule has 1 aliphatic carbocycles. The first kappa shape index (κ1) is 11.5. The Kier molecular flexibility index (Phi) is 3.24. The standard InChI is InChI=1S/C13H17F2N/c1-8-5-6-11(13(15)12(8)14)10-4-2-3-9(10)7-16/h5-6,9-10H,2-4,7,16H2,1H3. The Hall–Kier alpha value is -0.960. The van der Waals surface area contributed by atoms with Crippen molar-refractivity contribution in [1.82, 2.24) is 0 Å². The molecular formula is C13H17F2N. The van der Waals surface area contributed by atoms with E-state index in [-0.39, 0.29) is 5.92 Å². The Labute approximate surface area is 94.7 Å². The van der Waals surface area contributed by atoms with Crippen molar-refractivity contribution >= 4 is 0 Å². The van der Waals surface area contributed by atoms with Crippen LogP contribution in [-0.2, 0) is 0 Å². The second-order valence-electron chi connectivity index (χ2n) is 4.63. The van der Waals surface area contributed by atoms with E-state index in [0.717, 1.165) is 19.3 Å². The second-order valence-corrected chi connectivity index (χ2v) is 4.63. The Balaban J connectivity index is 2.37. The molecule has 0 saturated heterocycles. The number of aryl methyl sites for hydroxylation is 1. The van der Waals surface area contributed by atoms with Gasteiger partial charge < -0.3 is 5.73 Å². The van der Waals surface area contributed by atoms with E-state index in [9.17, 15) is 8.78 Å². The van der Waals surface area contributed by atoms with Gasteiger partial charge in [-0.15, -0.1) is 0 Å². The Morgan fingerprint density at radius 2 is 2.00 bits per heavy atom. The second kappa shape index (κ2) is 4.50. The van der Waals surface area contributed by atoms with Crippen molar-refractivity contribution in [2.45, 2.75) is 32.1 Å². The number of nitrogens with two attached hydrogens (primary N) is 1. The van der Waals surface area contributed by atoms with Gasteiger partial charge in [-0.2, -0.15) is 0 Å². The molecule has 1 fully saturated rings. The minimum absolute atomic E-state index is 0.0973. The van der Waals surface area contributed by atoms with E-state index < -0.39 is 11.6 Å². The zero-order valence-corrected chi connectivity index (χ0v) is 9.47. The molecule has 0 spiro atoms. The highest BCUT2D eigenvalue weighted by Crippen LogP contribution is 2.40. The van der Waals surface area contributed by atoms with Gasteiger partial charge in [-0.3, -0.25) is 0 Å². The molecule has 1 aromatic carbocycles. The first-order chi connectivity index (χ1) is 7.65. The summed E-state index contributed by atoms with van der Waals surface area (Å²) in [5, 5.41) is 0. The first-order valence-electron chi connectivity index (χ1n) is 5.79. The molecule has 1 nitrogen and oxygen atoms in total. The zero-order valence-electron chi connectivity index (χ0n) is 9.47. The molecule has 2 rings (SSSR count). The highest BCUT2D eigenvalue weighted by atomic mass is 19.2. The van der Waals surface area contributed by atoms with Crippen LogP contribution in [0.25, 0.3) is 0 Å². The van der Waals surface area contributed by atoms with Gasteiger partial charge >= 0.3 is 0 Å². The molecule has 2 unspecified atom stereocenters. The van der Waals surface area contributed by atoms with Crippen molar-refractivity contribution < 1.29 is 8.78 Å². The minimum atomic E-state index is -0.708. The van der Waals surface area contributed by atoms with Gasteiger partial charge in [-0.1, -0.05) is 18.6 Å². The van der Waals surface area contributed by atoms with Crippen LogP contribution in [0.5, 0.6) is 0 Å². The third-order valence-corrected chi connectivity index (χ3v) is 3.67. The number of benzene rings is 1. The van der Waals surface area contributed by atoms with Crippen LogP contribution in [0.1, 0.15) is 36.3 Å². The summed E-state index contributed by atoms with van der Waals surface area (Å²) < 4.78 is 27.3. The van der Waals surface area contributed by atoms with Crippen LogP contribution < -0.4 is 5.73 Å². The fourth-order valence-electron chi connectivity index (χ4n) is 2.68. The molecule has 1 aromatic rings. The van der Waals surface area contributed by atoms with Gasteiger partial charge in [-0.25, -0.2) is 8.78 Å². The van der Waals surface area contributed by atoms with E-state index in [1.807, 2.05) is 0 Å². The molecule has 0 amide bonds. The van der Waals surface area contributed by atoms with E-state index in [4.69, 9.17) is 5.73 Å². The summed E-state index contributed by atoms with van der Waals surface area (Å²) in [6.07, 6.45) is 3.00. The fourth-order valence-corrected chi connectivity index (χ4v) is 2.68. The van der Waals surface area contributed by atoms with Gasteiger partial charge in [0.15, 0.2) is 11.6 Å². The summed E-state index contributed by atoms with van der Waals surface area (Å²) in [6, 6.07) is 3.37. The van der Waals surface area contributed by atoms with E-state index in [1.54, 1.807) is 19.1 Å². The molecular weight excluding hydrogens is 208 g/mol. The molecule has 2 atom stereocenters. The molecule has 88 valence electrons. The lowest BCUT2D eigenvalue weighted by molar-refractivity contribution is 0.446. The first-order valence-corrected chi connectivity index (χ1v) is 5.79. The maximum Gasteiger partial charge on any atom is 0.162 e. The summed E-state index contributed by atoms with van der Waals surface area (Å²) in [5.41, 5.74) is 6.54. The molecule has 2 N–H and O–H groups in total. The van der Waals surface area contributed by atoms with Crippen molar-refractivity contribution in [3.8, 4) is 0 Å². The van der Waals surface area contributed by atoms with Crippen LogP contribution >= 0.6 is 0 Å². The van der Waals surface area contributed by atoms with Crippen LogP contribution in [0.3, 0.4) is 0 Å². The summed E-state index contributed by atoms with van der Waals surface area (Å²) >= 11 is 0. The van der Waals surface area contributed by atoms with Crippen LogP contribution in [0.4, 0.5) is 8.78 Å². The number of hydrogen-bond acceptors (Lipinski definition) is 1. The van der Waals surface area contributed by atoms with Gasteiger partial charge in [0, 0.05) is 0 Å². The van der Waals surface area contributed by atoms with E-state index in [1.165, 1.54) is 0 Å². The molecule has 1 aliphatic rings. The topological polar surface area (TPSA) is 26.0 Å². The smallest absolute Gasteiger partial charge is 0.162 e. The Morgan fingerprint density at radius 3 is 2.69 bits per heavy atom. The van der Waals surface area contributed by atoms with Crippen molar-refractivity contribution in [2.24, 2.45) is 11.7 Å². The largest absolute Gasteiger partial charge is 0.330 e. The molecule has 0 bridgehead atoms. The van der Waals surface area contributed by atoms with Gasteiger partial charge in [0.1, 0.15) is 0 Å². The van der Waals surface area contributed by atoms with Crippen LogP contribution in [0, 0.1) is 24.5 Å². The third kappa shape index (κ3) is 1.84. The lowest BCUT2D eigenvalue weighted by atomic mass is 9.88. The molecule has 3 heteroatoms. The van der Waals surface area contributed by atoms with E-state index >= 15 is 0 Å². The predicted octanol–water partition coefficient (Wildman–Crippen LogP) is 3.12. The Morgan fingerprint density at radius 1 is 1.25 bits per heavy atom. The van der Waals surface area contributed by atoms with Crippen molar-refractivity contribution in [3.05, 3.63) is 34.9 Å². The van der Waals surface area contributed by atoms with Crippen molar-refractivity contribution in [1.29, 1.82) is 0 Å². The monoisotopic (exact) mass is 225 g/mol. The average Bonchev–Trinajstić information content (AvgIpc) is 2.74. The average molecular weight is 225 g/mol. The summed E-state index contributed by atoms with van der Waals surface area (Å²) in [5.74, 6) is -0.984. The lowest BCUT2D eigenvalue weighted by Crippen LogP contribution is -2.18. The van der Waals surface area contributed by atoms with Gasteiger partial charge in [-0.05, 0) is 49.3 Å². The normalized spacial score (nSPS) is 25.0.